The number of nitrogens with two attached hydrogens (primary N) is 1. The van der Waals surface area contributed by atoms with Crippen LogP contribution < -0.4 is 5.73 Å². The summed E-state index contributed by atoms with van der Waals surface area (Å²) in [5.74, 6) is -1.77. The van der Waals surface area contributed by atoms with Crippen molar-refractivity contribution in [1.82, 2.24) is 4.90 Å². The second kappa shape index (κ2) is 6.88. The van der Waals surface area contributed by atoms with Gasteiger partial charge in [0.1, 0.15) is 5.82 Å². The number of likely N-dealkylation sites (tertiary alicyclic amines) is 1. The number of carbonyl (C=O) groups is 1. The topological polar surface area (TPSA) is 46.3 Å². The van der Waals surface area contributed by atoms with Crippen LogP contribution in [0, 0.1) is 17.7 Å². The number of benzene rings is 1. The van der Waals surface area contributed by atoms with Crippen LogP contribution in [0.25, 0.3) is 0 Å². The van der Waals surface area contributed by atoms with Crippen LogP contribution in [0.3, 0.4) is 0 Å². The van der Waals surface area contributed by atoms with Gasteiger partial charge in [0, 0.05) is 19.1 Å². The number of hydrogen-bond donors (Lipinski definition) is 1. The molecular formula is C16H19ClF4N2O. The van der Waals surface area contributed by atoms with E-state index in [1.807, 2.05) is 0 Å². The molecule has 2 aliphatic rings. The lowest BCUT2D eigenvalue weighted by Gasteiger charge is -2.29. The largest absolute Gasteiger partial charge is 0.419 e. The highest BCUT2D eigenvalue weighted by Gasteiger charge is 2.42. The molecule has 2 fully saturated rings. The van der Waals surface area contributed by atoms with Crippen molar-refractivity contribution >= 4 is 18.3 Å². The maximum atomic E-state index is 14.1. The van der Waals surface area contributed by atoms with Crippen molar-refractivity contribution in [2.24, 2.45) is 17.6 Å². The van der Waals surface area contributed by atoms with Crippen molar-refractivity contribution in [1.29, 1.82) is 0 Å². The zero-order valence-electron chi connectivity index (χ0n) is 12.9. The molecule has 3 rings (SSSR count). The third-order valence-corrected chi connectivity index (χ3v) is 4.98. The van der Waals surface area contributed by atoms with E-state index in [2.05, 4.69) is 0 Å². The molecule has 1 saturated heterocycles. The van der Waals surface area contributed by atoms with Gasteiger partial charge in [-0.1, -0.05) is 12.5 Å². The molecule has 0 aromatic heterocycles. The summed E-state index contributed by atoms with van der Waals surface area (Å²) in [6.45, 7) is 0.827. The Morgan fingerprint density at radius 2 is 1.92 bits per heavy atom. The molecule has 1 saturated carbocycles. The summed E-state index contributed by atoms with van der Waals surface area (Å²) in [6.07, 6.45) is -1.99. The molecule has 8 heteroatoms. The lowest BCUT2D eigenvalue weighted by molar-refractivity contribution is -0.140. The van der Waals surface area contributed by atoms with Gasteiger partial charge in [0.2, 0.25) is 0 Å². The van der Waals surface area contributed by atoms with Crippen LogP contribution in [0.2, 0.25) is 0 Å². The Labute approximate surface area is 143 Å². The van der Waals surface area contributed by atoms with E-state index in [-0.39, 0.29) is 30.3 Å². The van der Waals surface area contributed by atoms with E-state index < -0.39 is 29.0 Å². The Bertz CT molecular complexity index is 623. The van der Waals surface area contributed by atoms with Crippen LogP contribution >= 0.6 is 12.4 Å². The molecule has 1 aliphatic carbocycles. The predicted molar refractivity (Wildman–Crippen MR) is 83.4 cm³/mol. The fourth-order valence-corrected chi connectivity index (χ4v) is 3.77. The number of rotatable bonds is 1. The van der Waals surface area contributed by atoms with E-state index in [0.717, 1.165) is 31.4 Å². The average Bonchev–Trinajstić information content (AvgIpc) is 2.91. The normalized spacial score (nSPS) is 26.7. The number of fused-ring (bicyclic) bond motifs is 1. The number of alkyl halides is 3. The summed E-state index contributed by atoms with van der Waals surface area (Å²) < 4.78 is 52.5. The summed E-state index contributed by atoms with van der Waals surface area (Å²) in [6, 6.07) is 2.81. The van der Waals surface area contributed by atoms with Crippen LogP contribution in [-0.2, 0) is 6.18 Å². The number of nitrogens with zero attached hydrogens (tertiary/aromatic N) is 1. The van der Waals surface area contributed by atoms with E-state index in [4.69, 9.17) is 5.73 Å². The van der Waals surface area contributed by atoms with Crippen molar-refractivity contribution < 1.29 is 22.4 Å². The number of carbonyl (C=O) groups excluding carboxylic acids is 1. The van der Waals surface area contributed by atoms with Crippen molar-refractivity contribution in [3.8, 4) is 0 Å². The van der Waals surface area contributed by atoms with Gasteiger partial charge in [-0.05, 0) is 36.8 Å². The summed E-state index contributed by atoms with van der Waals surface area (Å²) in [5, 5.41) is 0. The van der Waals surface area contributed by atoms with Crippen LogP contribution in [0.4, 0.5) is 17.6 Å². The molecule has 3 unspecified atom stereocenters. The summed E-state index contributed by atoms with van der Waals surface area (Å²) in [5.41, 5.74) is 4.14. The highest BCUT2D eigenvalue weighted by molar-refractivity contribution is 5.95. The molecule has 24 heavy (non-hydrogen) atoms. The van der Waals surface area contributed by atoms with Crippen LogP contribution in [0.1, 0.15) is 35.2 Å². The molecule has 2 N–H and O–H groups in total. The standard InChI is InChI=1S/C16H18F4N2O.ClH/c17-14-10(4-2-5-12(14)16(18,19)20)15(23)22-7-9-3-1-6-13(21)11(9)8-22;/h2,4-5,9,11,13H,1,3,6-8,21H2;1H. The predicted octanol–water partition coefficient (Wildman–Crippen LogP) is 3.47. The molecule has 1 aromatic carbocycles. The lowest BCUT2D eigenvalue weighted by atomic mass is 9.78. The second-order valence-electron chi connectivity index (χ2n) is 6.39. The highest BCUT2D eigenvalue weighted by atomic mass is 35.5. The fourth-order valence-electron chi connectivity index (χ4n) is 3.77. The van der Waals surface area contributed by atoms with Crippen molar-refractivity contribution in [3.63, 3.8) is 0 Å². The van der Waals surface area contributed by atoms with E-state index >= 15 is 0 Å². The minimum absolute atomic E-state index is 0. The first-order valence-corrected chi connectivity index (χ1v) is 7.69. The van der Waals surface area contributed by atoms with Gasteiger partial charge in [-0.15, -0.1) is 12.4 Å². The molecule has 0 spiro atoms. The molecule has 3 nitrogen and oxygen atoms in total. The summed E-state index contributed by atoms with van der Waals surface area (Å²) in [7, 11) is 0. The average molecular weight is 367 g/mol. The number of halogens is 5. The zero-order valence-corrected chi connectivity index (χ0v) is 13.7. The van der Waals surface area contributed by atoms with E-state index in [0.29, 0.717) is 19.2 Å². The SMILES string of the molecule is Cl.NC1CCCC2CN(C(=O)c3cccc(C(F)(F)F)c3F)CC12. The zero-order chi connectivity index (χ0) is 16.8. The summed E-state index contributed by atoms with van der Waals surface area (Å²) in [4.78, 5) is 13.9. The smallest absolute Gasteiger partial charge is 0.338 e. The van der Waals surface area contributed by atoms with Gasteiger partial charge in [-0.3, -0.25) is 4.79 Å². The molecular weight excluding hydrogens is 348 g/mol. The van der Waals surface area contributed by atoms with Crippen LogP contribution in [-0.4, -0.2) is 29.9 Å². The third kappa shape index (κ3) is 3.37. The first-order valence-electron chi connectivity index (χ1n) is 7.69. The molecule has 3 atom stereocenters. The fraction of sp³-hybridized carbons (Fsp3) is 0.562. The van der Waals surface area contributed by atoms with Crippen molar-refractivity contribution in [3.05, 3.63) is 35.1 Å². The lowest BCUT2D eigenvalue weighted by Crippen LogP contribution is -2.38. The quantitative estimate of drug-likeness (QED) is 0.774. The first-order chi connectivity index (χ1) is 10.8. The van der Waals surface area contributed by atoms with E-state index in [1.54, 1.807) is 0 Å². The molecule has 1 heterocycles. The Morgan fingerprint density at radius 1 is 1.21 bits per heavy atom. The van der Waals surface area contributed by atoms with Crippen molar-refractivity contribution in [2.45, 2.75) is 31.5 Å². The molecule has 0 radical (unpaired) electrons. The van der Waals surface area contributed by atoms with Crippen LogP contribution in [0.5, 0.6) is 0 Å². The van der Waals surface area contributed by atoms with Crippen molar-refractivity contribution in [2.75, 3.05) is 13.1 Å². The Morgan fingerprint density at radius 3 is 2.54 bits per heavy atom. The molecule has 1 amide bonds. The highest BCUT2D eigenvalue weighted by Crippen LogP contribution is 2.37. The number of amides is 1. The minimum atomic E-state index is -4.82. The molecule has 1 aromatic rings. The summed E-state index contributed by atoms with van der Waals surface area (Å²) >= 11 is 0. The van der Waals surface area contributed by atoms with Gasteiger partial charge in [0.15, 0.2) is 0 Å². The number of hydrogen-bond acceptors (Lipinski definition) is 2. The minimum Gasteiger partial charge on any atom is -0.338 e. The van der Waals surface area contributed by atoms with E-state index in [9.17, 15) is 22.4 Å². The van der Waals surface area contributed by atoms with Gasteiger partial charge in [0.05, 0.1) is 11.1 Å². The van der Waals surface area contributed by atoms with Gasteiger partial charge >= 0.3 is 6.18 Å². The Kier molecular flexibility index (Phi) is 5.44. The van der Waals surface area contributed by atoms with Crippen LogP contribution in [0.15, 0.2) is 18.2 Å². The maximum absolute atomic E-state index is 14.1. The second-order valence-corrected chi connectivity index (χ2v) is 6.39. The molecule has 0 bridgehead atoms. The van der Waals surface area contributed by atoms with Gasteiger partial charge < -0.3 is 10.6 Å². The first kappa shape index (κ1) is 19.0. The molecule has 134 valence electrons. The maximum Gasteiger partial charge on any atom is 0.419 e. The Hall–Kier alpha value is -1.34. The monoisotopic (exact) mass is 366 g/mol. The van der Waals surface area contributed by atoms with E-state index in [1.165, 1.54) is 4.90 Å². The van der Waals surface area contributed by atoms with Gasteiger partial charge in [0.25, 0.3) is 5.91 Å². The third-order valence-electron chi connectivity index (χ3n) is 4.98. The van der Waals surface area contributed by atoms with Gasteiger partial charge in [-0.2, -0.15) is 13.2 Å². The Balaban J connectivity index is 0.00000208. The van der Waals surface area contributed by atoms with Gasteiger partial charge in [-0.25, -0.2) is 4.39 Å². The molecule has 1 aliphatic heterocycles.